The van der Waals surface area contributed by atoms with Gasteiger partial charge in [0.05, 0.1) is 0 Å². The van der Waals surface area contributed by atoms with Gasteiger partial charge < -0.3 is 0 Å². The Morgan fingerprint density at radius 1 is 0.818 bits per heavy atom. The van der Waals surface area contributed by atoms with Crippen LogP contribution in [-0.4, -0.2) is 18.5 Å². The summed E-state index contributed by atoms with van der Waals surface area (Å²) in [6, 6.07) is 0. The van der Waals surface area contributed by atoms with Gasteiger partial charge in [0, 0.05) is 0 Å². The Balaban J connectivity index is -0.000000320. The van der Waals surface area contributed by atoms with Crippen molar-refractivity contribution in [3.63, 3.8) is 0 Å². The van der Waals surface area contributed by atoms with Crippen molar-refractivity contribution in [3.05, 3.63) is 0 Å². The first-order valence-electron chi connectivity index (χ1n) is 3.44. The molecule has 0 aromatic carbocycles. The fourth-order valence-corrected chi connectivity index (χ4v) is 2.01. The SMILES string of the molecule is CCP([O-])([O-])(CC)CC.[Co+].[Co+]. The minimum absolute atomic E-state index is 0. The van der Waals surface area contributed by atoms with Gasteiger partial charge in [0.2, 0.25) is 0 Å². The topological polar surface area (TPSA) is 46.1 Å². The monoisotopic (exact) mass is 268 g/mol. The Bertz CT molecular complexity index is 89.7. The van der Waals surface area contributed by atoms with E-state index in [-0.39, 0.29) is 33.6 Å². The van der Waals surface area contributed by atoms with Crippen molar-refractivity contribution in [2.75, 3.05) is 18.5 Å². The van der Waals surface area contributed by atoms with Gasteiger partial charge in [-0.1, -0.05) is 0 Å². The normalized spacial score (nSPS) is 13.7. The van der Waals surface area contributed by atoms with Crippen LogP contribution in [0, 0.1) is 0 Å². The second-order valence-corrected chi connectivity index (χ2v) is 7.41. The summed E-state index contributed by atoms with van der Waals surface area (Å²) in [5, 5.41) is 0. The molecule has 0 unspecified atom stereocenters. The molecule has 0 radical (unpaired) electrons. The molecule has 0 heterocycles. The van der Waals surface area contributed by atoms with E-state index in [1.165, 1.54) is 0 Å². The summed E-state index contributed by atoms with van der Waals surface area (Å²) in [6.07, 6.45) is 0.913. The van der Waals surface area contributed by atoms with E-state index in [4.69, 9.17) is 0 Å². The van der Waals surface area contributed by atoms with Crippen LogP contribution >= 0.6 is 7.06 Å². The Morgan fingerprint density at radius 3 is 1.00 bits per heavy atom. The molecule has 0 fully saturated rings. The molecule has 74 valence electrons. The molecule has 2 nitrogen and oxygen atoms in total. The summed E-state index contributed by atoms with van der Waals surface area (Å²) >= 11 is 0. The zero-order valence-corrected chi connectivity index (χ0v) is 10.0. The second-order valence-electron chi connectivity index (χ2n) is 2.47. The molecular weight excluding hydrogens is 253 g/mol. The first kappa shape index (κ1) is 18.2. The molecule has 0 amide bonds. The van der Waals surface area contributed by atoms with Crippen molar-refractivity contribution in [1.29, 1.82) is 0 Å². The summed E-state index contributed by atoms with van der Waals surface area (Å²) in [6.45, 7) is 5.14. The maximum atomic E-state index is 11.4. The molecule has 0 saturated carbocycles. The predicted octanol–water partition coefficient (Wildman–Crippen LogP) is 0.145. The fraction of sp³-hybridized carbons (Fsp3) is 1.00. The Labute approximate surface area is 89.6 Å². The molecule has 11 heavy (non-hydrogen) atoms. The molecule has 0 bridgehead atoms. The first-order chi connectivity index (χ1) is 3.96. The maximum absolute atomic E-state index is 11.4. The summed E-state index contributed by atoms with van der Waals surface area (Å²) in [7, 11) is -3.63. The molecule has 0 spiro atoms. The molecule has 0 aliphatic rings. The summed E-state index contributed by atoms with van der Waals surface area (Å²) in [5.41, 5.74) is 0. The van der Waals surface area contributed by atoms with Crippen molar-refractivity contribution in [3.8, 4) is 0 Å². The van der Waals surface area contributed by atoms with Gasteiger partial charge >= 0.3 is 89.7 Å². The standard InChI is InChI=1S/C6H15O2P.2Co/c1-4-9(7,8,5-2)6-3;;/h4-6H2,1-3H3;;/q-2;2*+1. The van der Waals surface area contributed by atoms with Crippen molar-refractivity contribution in [2.45, 2.75) is 20.8 Å². The second kappa shape index (κ2) is 5.92. The van der Waals surface area contributed by atoms with Crippen LogP contribution in [0.4, 0.5) is 0 Å². The van der Waals surface area contributed by atoms with Gasteiger partial charge in [-0.15, -0.1) is 0 Å². The summed E-state index contributed by atoms with van der Waals surface area (Å²) in [5.74, 6) is 0. The van der Waals surface area contributed by atoms with Crippen LogP contribution in [0.25, 0.3) is 0 Å². The molecule has 0 rings (SSSR count). The van der Waals surface area contributed by atoms with Crippen LogP contribution in [0.3, 0.4) is 0 Å². The van der Waals surface area contributed by atoms with E-state index in [1.807, 2.05) is 0 Å². The van der Waals surface area contributed by atoms with Gasteiger partial charge in [0.25, 0.3) is 0 Å². The van der Waals surface area contributed by atoms with Gasteiger partial charge in [-0.2, -0.15) is 0 Å². The van der Waals surface area contributed by atoms with Crippen LogP contribution in [0.15, 0.2) is 0 Å². The summed E-state index contributed by atoms with van der Waals surface area (Å²) < 4.78 is 0. The van der Waals surface area contributed by atoms with E-state index >= 15 is 0 Å². The van der Waals surface area contributed by atoms with Gasteiger partial charge in [0.15, 0.2) is 0 Å². The molecule has 0 N–H and O–H groups in total. The van der Waals surface area contributed by atoms with Crippen LogP contribution in [0.2, 0.25) is 0 Å². The van der Waals surface area contributed by atoms with Crippen molar-refractivity contribution >= 4 is 7.06 Å². The van der Waals surface area contributed by atoms with Gasteiger partial charge in [-0.25, -0.2) is 0 Å². The van der Waals surface area contributed by atoms with Gasteiger partial charge in [-0.05, 0) is 0 Å². The Kier molecular flexibility index (Phi) is 9.79. The maximum Gasteiger partial charge on any atom is 1.00 e. The van der Waals surface area contributed by atoms with E-state index in [2.05, 4.69) is 0 Å². The van der Waals surface area contributed by atoms with E-state index in [9.17, 15) is 9.79 Å². The third kappa shape index (κ3) is 5.58. The smallest absolute Gasteiger partial charge is 1.00 e. The Morgan fingerprint density at radius 2 is 1.00 bits per heavy atom. The van der Waals surface area contributed by atoms with E-state index in [0.29, 0.717) is 18.5 Å². The predicted molar refractivity (Wildman–Crippen MR) is 38.5 cm³/mol. The minimum Gasteiger partial charge on any atom is 1.00 e. The van der Waals surface area contributed by atoms with E-state index < -0.39 is 7.06 Å². The number of hydrogen-bond acceptors (Lipinski definition) is 2. The molecule has 0 aromatic heterocycles. The van der Waals surface area contributed by atoms with E-state index in [1.54, 1.807) is 20.8 Å². The zero-order chi connectivity index (χ0) is 7.57. The molecule has 0 aromatic rings. The average Bonchev–Trinajstić information content (AvgIpc) is 1.90. The quantitative estimate of drug-likeness (QED) is 0.684. The molecule has 0 atom stereocenters. The molecule has 0 aliphatic heterocycles. The van der Waals surface area contributed by atoms with E-state index in [0.717, 1.165) is 0 Å². The largest absolute Gasteiger partial charge is 1.00 e. The minimum atomic E-state index is -3.63. The average molecular weight is 268 g/mol. The van der Waals surface area contributed by atoms with Crippen molar-refractivity contribution < 1.29 is 43.3 Å². The first-order valence-corrected chi connectivity index (χ1v) is 6.06. The summed E-state index contributed by atoms with van der Waals surface area (Å²) in [4.78, 5) is 22.7. The van der Waals surface area contributed by atoms with Crippen LogP contribution < -0.4 is 9.79 Å². The van der Waals surface area contributed by atoms with Crippen molar-refractivity contribution in [1.82, 2.24) is 0 Å². The van der Waals surface area contributed by atoms with Crippen LogP contribution in [0.1, 0.15) is 20.8 Å². The zero-order valence-electron chi connectivity index (χ0n) is 7.05. The number of hydrogen-bond donors (Lipinski definition) is 0. The van der Waals surface area contributed by atoms with Gasteiger partial charge in [-0.3, -0.25) is 0 Å². The molecular formula is C6H15Co2O2P. The van der Waals surface area contributed by atoms with Gasteiger partial charge in [0.1, 0.15) is 0 Å². The molecule has 5 heteroatoms. The van der Waals surface area contributed by atoms with Crippen LogP contribution in [-0.2, 0) is 33.6 Å². The third-order valence-corrected chi connectivity index (χ3v) is 6.35. The van der Waals surface area contributed by atoms with Crippen LogP contribution in [0.5, 0.6) is 0 Å². The van der Waals surface area contributed by atoms with Crippen molar-refractivity contribution in [2.24, 2.45) is 0 Å². The fourth-order valence-electron chi connectivity index (χ4n) is 0.671. The molecule has 0 aliphatic carbocycles. The molecule has 0 saturated heterocycles. The third-order valence-electron chi connectivity index (χ3n) is 2.12. The Hall–Kier alpha value is 1.36. The number of rotatable bonds is 3.